The minimum atomic E-state index is -4.86. The van der Waals surface area contributed by atoms with Gasteiger partial charge in [0.05, 0.1) is 55.5 Å². The molecule has 2 amide bonds. The Balaban J connectivity index is 0.00000179. The summed E-state index contributed by atoms with van der Waals surface area (Å²) in [6, 6.07) is 23.3. The van der Waals surface area contributed by atoms with E-state index in [2.05, 4.69) is 123 Å². The average molecular weight is 2240 g/mol. The first-order valence-electron chi connectivity index (χ1n) is 44.7. The van der Waals surface area contributed by atoms with E-state index < -0.39 is 147 Å². The van der Waals surface area contributed by atoms with Gasteiger partial charge >= 0.3 is 12.4 Å². The highest BCUT2D eigenvalue weighted by atomic mass is 35.7. The Morgan fingerprint density at radius 3 is 1.19 bits per heavy atom. The molecule has 0 unspecified atom stereocenters. The van der Waals surface area contributed by atoms with Crippen LogP contribution in [0.2, 0.25) is 20.7 Å². The van der Waals surface area contributed by atoms with Gasteiger partial charge in [0.1, 0.15) is 45.1 Å². The Hall–Kier alpha value is -12.9. The second-order valence-corrected chi connectivity index (χ2v) is 39.4. The lowest BCUT2D eigenvalue weighted by atomic mass is 10.1. The molecule has 0 saturated heterocycles. The highest BCUT2D eigenvalue weighted by molar-refractivity contribution is 8.13. The molecule has 3 aromatic carbocycles. The lowest BCUT2D eigenvalue weighted by Crippen LogP contribution is -2.27. The van der Waals surface area contributed by atoms with Gasteiger partial charge in [-0.3, -0.25) is 46.6 Å². The molecule has 0 aliphatic rings. The molecule has 142 heavy (non-hydrogen) atoms. The molecule has 0 fully saturated rings. The number of benzene rings is 3. The van der Waals surface area contributed by atoms with Crippen LogP contribution in [0.15, 0.2) is 153 Å². The Bertz CT molecular complexity index is 7410. The number of hydrogen-bond donors (Lipinski definition) is 10. The van der Waals surface area contributed by atoms with Gasteiger partial charge in [0.2, 0.25) is 76.3 Å². The number of sulfonamides is 5. The van der Waals surface area contributed by atoms with Crippen molar-refractivity contribution in [2.45, 2.75) is 52.3 Å². The number of amides is 2. The van der Waals surface area contributed by atoms with E-state index in [9.17, 15) is 91.2 Å². The standard InChI is InChI=1S/C20H21F3N8O3S.C13H13ClN4O.C9H11NO.2C7H12N4O2S.C7H8N4O2S.C5HCl2F3N2.C5H2ClN3.C2H7NO2S.CH3ClO2S.CH5N.ClH/c1-24-18(32)12-4-6-13(7-5-12)29-19-28-10-14(20(21,22)23)16(30-19)27-11-15-17(26-9-8-25-15)31(2)35(3,33)34;1-8-7-16-13(18-11(8)14)17-10-5-3-9(4-6-10)12(19)15-2;1-2-9(11)7-3-5-8(10)6-4-7;3*1-11(14(2,12)13)7-6(5-8)9-3-4-10-7;6-3-2(5(8,9)10)1-11-4(7)12-3;6-5-4(3-7)8-1-2-9-5;1-3-6(2,4)5;1-5(2,3)4;1-2;/h4-10H,11H2,1-3H3,(H,24,32)(H2,27,28,29,30);3-7H,1-2H3,(H,15,19)(H,16,17,18);3-6H,2,10H2,1H3;2*3-4H,5,8H2,1-2H3;3-4H,1-2H3;1H;1-2H;3H,1-2H3;1H3;2H2,1H3;1H/i2D3;;;1D3;;1D3;;;1D3;;1D3;. The van der Waals surface area contributed by atoms with Crippen molar-refractivity contribution in [3.63, 3.8) is 0 Å². The predicted octanol–water partition coefficient (Wildman–Crippen LogP) is 8.36. The van der Waals surface area contributed by atoms with Crippen LogP contribution >= 0.6 is 69.5 Å². The summed E-state index contributed by atoms with van der Waals surface area (Å²) >= 11 is 21.7. The van der Waals surface area contributed by atoms with E-state index in [4.69, 9.17) is 94.7 Å². The third-order valence-electron chi connectivity index (χ3n) is 15.0. The SMILES string of the molecule is CCC(=O)c1ccc(N)cc1.CN(c1nccnc1CN)S(C)(=O)=O.CNC(=O)c1ccc(Nc2ncc(C)c(Cl)n2)cc1.CS(=O)(=O)Cl.Cl.FC(F)(F)c1cnc(Cl)nc1Cl.N#Cc1nccnc1Cl.[2H]C([2H])([2H])N.[2H]C([2H])([2H])N(c1nccnc1C#N)S(C)(=O)=O.[2H]C([2H])([2H])N(c1nccnc1CN)S(C)(=O)=O.[2H]C([2H])([2H])N(c1nccnc1CNc1nc(Nc2ccc(C(=O)NC)cc2)ncc1C(F)(F)F)S(C)(=O)=O.[2H]C([2H])([2H])NS(C)(=O)=O. The molecule has 0 spiro atoms. The van der Waals surface area contributed by atoms with E-state index in [1.54, 1.807) is 73.9 Å². The molecular weight excluding hydrogens is 2130 g/mol. The first-order chi connectivity index (χ1) is 71.2. The Morgan fingerprint density at radius 2 is 0.838 bits per heavy atom. The third kappa shape index (κ3) is 48.1. The molecule has 0 atom stereocenters. The fourth-order valence-electron chi connectivity index (χ4n) is 8.47. The van der Waals surface area contributed by atoms with Crippen LogP contribution in [-0.4, -0.2) is 241 Å². The molecular formula is C77H96Cl6F6N32O15S6. The number of nitrogens with two attached hydrogens (primary N) is 4. The molecule has 65 heteroatoms. The van der Waals surface area contributed by atoms with Gasteiger partial charge in [0, 0.05) is 213 Å². The summed E-state index contributed by atoms with van der Waals surface area (Å²) in [4.78, 5) is 93.7. The number of nitriles is 2. The third-order valence-corrected chi connectivity index (χ3v) is 20.2. The fourth-order valence-corrected chi connectivity index (χ4v) is 11.0. The van der Waals surface area contributed by atoms with Crippen molar-refractivity contribution in [2.75, 3.05) is 132 Å². The van der Waals surface area contributed by atoms with Crippen LogP contribution in [0.4, 0.5) is 84.4 Å². The lowest BCUT2D eigenvalue weighted by Gasteiger charge is -2.19. The van der Waals surface area contributed by atoms with Gasteiger partial charge < -0.3 is 49.5 Å². The maximum atomic E-state index is 13.6. The van der Waals surface area contributed by atoms with Crippen LogP contribution in [0.3, 0.4) is 0 Å². The van der Waals surface area contributed by atoms with Crippen molar-refractivity contribution in [3.05, 3.63) is 236 Å². The Labute approximate surface area is 866 Å². The number of hydrogen-bond acceptors (Lipinski definition) is 40. The second kappa shape index (κ2) is 61.1. The van der Waals surface area contributed by atoms with Gasteiger partial charge in [-0.1, -0.05) is 41.7 Å². The minimum absolute atomic E-state index is 0. The molecule has 8 heterocycles. The summed E-state index contributed by atoms with van der Waals surface area (Å²) < 4.78 is 315. The van der Waals surface area contributed by atoms with Crippen molar-refractivity contribution in [1.82, 2.24) is 95.1 Å². The largest absolute Gasteiger partial charge is 0.421 e. The molecule has 11 aromatic rings. The number of Topliss-reactive ketones (excluding diaryl/α,β-unsaturated/α-hetero) is 1. The van der Waals surface area contributed by atoms with E-state index >= 15 is 0 Å². The molecule has 14 N–H and O–H groups in total. The fraction of sp³-hybridized carbons (Fsp3) is 0.286. The monoisotopic (exact) mass is 2240 g/mol. The number of carbonyl (C=O) groups excluding carboxylic acids is 3. The molecule has 0 radical (unpaired) electrons. The van der Waals surface area contributed by atoms with E-state index in [0.717, 1.165) is 71.0 Å². The zero-order valence-electron chi connectivity index (χ0n) is 90.0. The summed E-state index contributed by atoms with van der Waals surface area (Å²) in [5.41, 5.74) is 22.7. The Kier molecular flexibility index (Phi) is 44.5. The normalized spacial score (nSPS) is 12.7. The maximum absolute atomic E-state index is 13.6. The van der Waals surface area contributed by atoms with Crippen molar-refractivity contribution < 1.29 is 112 Å². The Morgan fingerprint density at radius 1 is 0.479 bits per heavy atom. The van der Waals surface area contributed by atoms with Crippen molar-refractivity contribution >= 4 is 204 Å². The number of rotatable bonds is 22. The predicted molar refractivity (Wildman–Crippen MR) is 530 cm³/mol. The van der Waals surface area contributed by atoms with Crippen molar-refractivity contribution in [3.8, 4) is 12.1 Å². The lowest BCUT2D eigenvalue weighted by molar-refractivity contribution is -0.138. The van der Waals surface area contributed by atoms with Crippen LogP contribution in [0, 0.1) is 29.6 Å². The number of carbonyl (C=O) groups is 3. The zero-order valence-corrected chi connectivity index (χ0v) is 84.5. The number of nitrogen functional groups attached to an aromatic ring is 1. The van der Waals surface area contributed by atoms with Gasteiger partial charge in [0.15, 0.2) is 45.6 Å². The van der Waals surface area contributed by atoms with Crippen molar-refractivity contribution in [2.24, 2.45) is 17.2 Å². The number of aryl methyl sites for hydroxylation is 1. The summed E-state index contributed by atoms with van der Waals surface area (Å²) in [7, 11) is -13.6. The second-order valence-electron chi connectivity index (χ2n) is 25.7. The molecule has 0 aliphatic carbocycles. The van der Waals surface area contributed by atoms with Gasteiger partial charge in [-0.2, -0.15) is 41.9 Å². The smallest absolute Gasteiger partial charge is 0.399 e. The van der Waals surface area contributed by atoms with Crippen LogP contribution in [0.1, 0.15) is 110 Å². The van der Waals surface area contributed by atoms with E-state index in [0.29, 0.717) is 64.4 Å². The number of halogens is 12. The first kappa shape index (κ1) is 104. The van der Waals surface area contributed by atoms with E-state index in [1.165, 1.54) is 86.5 Å². The quantitative estimate of drug-likeness (QED) is 0.00760. The van der Waals surface area contributed by atoms with Crippen LogP contribution in [0.25, 0.3) is 0 Å². The number of alkyl halides is 6. The van der Waals surface area contributed by atoms with Crippen LogP contribution in [0.5, 0.6) is 0 Å². The van der Waals surface area contributed by atoms with E-state index in [-0.39, 0.29) is 107 Å². The van der Waals surface area contributed by atoms with Gasteiger partial charge in [0.25, 0.3) is 11.8 Å². The highest BCUT2D eigenvalue weighted by Crippen LogP contribution is 2.36. The molecule has 8 aromatic heterocycles. The number of nitrogens with zero attached hydrogens (tertiary/aromatic N) is 22. The molecule has 774 valence electrons. The summed E-state index contributed by atoms with van der Waals surface area (Å²) in [5, 5.41) is 29.8. The zero-order chi connectivity index (χ0) is 120. The van der Waals surface area contributed by atoms with Gasteiger partial charge in [-0.25, -0.2) is 115 Å². The van der Waals surface area contributed by atoms with Crippen LogP contribution < -0.4 is 71.5 Å². The molecule has 0 bridgehead atoms. The topological polar surface area (TPSA) is 699 Å². The minimum Gasteiger partial charge on any atom is -0.399 e. The van der Waals surface area contributed by atoms with Crippen molar-refractivity contribution in [1.29, 1.82) is 10.5 Å². The van der Waals surface area contributed by atoms with Crippen LogP contribution in [-0.2, 0) is 91.2 Å². The van der Waals surface area contributed by atoms with Gasteiger partial charge in [-0.15, -0.1) is 12.4 Å². The van der Waals surface area contributed by atoms with Gasteiger partial charge in [-0.05, 0) is 105 Å². The number of aromatic nitrogens is 16. The average Bonchev–Trinajstić information content (AvgIpc) is 0.779. The molecule has 0 aliphatic heterocycles. The summed E-state index contributed by atoms with van der Waals surface area (Å²) in [6.07, 6.45) is 11.6. The number of ketones is 1. The number of anilines is 10. The van der Waals surface area contributed by atoms with E-state index in [1.807, 2.05) is 13.8 Å². The first-order valence-corrected chi connectivity index (χ1v) is 50.7. The maximum Gasteiger partial charge on any atom is 0.421 e. The number of nitrogens with one attached hydrogen (secondary N) is 6. The molecule has 47 nitrogen and oxygen atoms in total. The highest BCUT2D eigenvalue weighted by Gasteiger charge is 2.37. The summed E-state index contributed by atoms with van der Waals surface area (Å²) in [6.45, 7) is -10.7. The molecule has 0 saturated carbocycles. The molecule has 11 rings (SSSR count). The summed E-state index contributed by atoms with van der Waals surface area (Å²) in [5.74, 6) is -1.87.